The highest BCUT2D eigenvalue weighted by Crippen LogP contribution is 2.22. The topological polar surface area (TPSA) is 98.3 Å². The third-order valence-electron chi connectivity index (χ3n) is 2.60. The smallest absolute Gasteiger partial charge is 0.328 e. The number of carbonyl (C=O) groups is 1. The first kappa shape index (κ1) is 13.5. The predicted molar refractivity (Wildman–Crippen MR) is 71.6 cm³/mol. The van der Waals surface area contributed by atoms with Gasteiger partial charge >= 0.3 is 5.97 Å². The molecule has 0 atom stereocenters. The molecule has 0 aliphatic heterocycles. The number of non-ortho nitro benzene ring substituents is 1. The number of aromatic nitrogens is 2. The molecule has 0 amide bonds. The summed E-state index contributed by atoms with van der Waals surface area (Å²) in [4.78, 5) is 20.9. The molecule has 0 aliphatic carbocycles. The summed E-state index contributed by atoms with van der Waals surface area (Å²) in [5, 5.41) is 23.7. The molecule has 0 fully saturated rings. The Morgan fingerprint density at radius 3 is 2.75 bits per heavy atom. The normalized spacial score (nSPS) is 10.8. The van der Waals surface area contributed by atoms with E-state index in [0.29, 0.717) is 11.3 Å². The molecule has 1 N–H and O–H groups in total. The second-order valence-electron chi connectivity index (χ2n) is 4.07. The average Bonchev–Trinajstić information content (AvgIpc) is 2.82. The van der Waals surface area contributed by atoms with Gasteiger partial charge in [0.25, 0.3) is 5.69 Å². The van der Waals surface area contributed by atoms with Gasteiger partial charge < -0.3 is 5.11 Å². The van der Waals surface area contributed by atoms with Crippen molar-refractivity contribution in [3.63, 3.8) is 0 Å². The van der Waals surface area contributed by atoms with Crippen LogP contribution in [0.25, 0.3) is 11.8 Å². The van der Waals surface area contributed by atoms with Gasteiger partial charge in [-0.1, -0.05) is 0 Å². The maximum absolute atomic E-state index is 10.8. The van der Waals surface area contributed by atoms with Crippen LogP contribution in [-0.2, 0) is 4.79 Å². The van der Waals surface area contributed by atoms with Gasteiger partial charge in [0.15, 0.2) is 0 Å². The molecule has 0 spiro atoms. The number of carboxylic acid groups (broad SMARTS) is 1. The lowest BCUT2D eigenvalue weighted by Gasteiger charge is -2.06. The Hall–Kier alpha value is -2.96. The highest BCUT2D eigenvalue weighted by atomic mass is 16.6. The number of nitro benzene ring substituents is 1. The maximum atomic E-state index is 10.8. The summed E-state index contributed by atoms with van der Waals surface area (Å²) < 4.78 is 1.54. The molecule has 7 nitrogen and oxygen atoms in total. The van der Waals surface area contributed by atoms with Crippen molar-refractivity contribution in [2.45, 2.75) is 6.92 Å². The van der Waals surface area contributed by atoms with Crippen LogP contribution in [0, 0.1) is 17.0 Å². The highest BCUT2D eigenvalue weighted by molar-refractivity contribution is 5.86. The molecule has 7 heteroatoms. The quantitative estimate of drug-likeness (QED) is 0.523. The summed E-state index contributed by atoms with van der Waals surface area (Å²) in [5.74, 6) is -1.13. The van der Waals surface area contributed by atoms with Crippen molar-refractivity contribution in [1.29, 1.82) is 0 Å². The average molecular weight is 273 g/mol. The van der Waals surface area contributed by atoms with Crippen LogP contribution in [0.5, 0.6) is 0 Å². The summed E-state index contributed by atoms with van der Waals surface area (Å²) in [6.07, 6.45) is 3.94. The lowest BCUT2D eigenvalue weighted by atomic mass is 10.1. The molecule has 0 unspecified atom stereocenters. The summed E-state index contributed by atoms with van der Waals surface area (Å²) >= 11 is 0. The fraction of sp³-hybridized carbons (Fsp3) is 0.0769. The van der Waals surface area contributed by atoms with Gasteiger partial charge in [-0.15, -0.1) is 0 Å². The number of aryl methyl sites for hydroxylation is 1. The van der Waals surface area contributed by atoms with Crippen molar-refractivity contribution in [3.8, 4) is 5.69 Å². The molecule has 0 radical (unpaired) electrons. The molecule has 0 aliphatic rings. The van der Waals surface area contributed by atoms with E-state index in [1.54, 1.807) is 16.9 Å². The highest BCUT2D eigenvalue weighted by Gasteiger charge is 2.11. The first-order valence-corrected chi connectivity index (χ1v) is 5.69. The van der Waals surface area contributed by atoms with Crippen LogP contribution in [0.15, 0.2) is 36.5 Å². The van der Waals surface area contributed by atoms with E-state index in [-0.39, 0.29) is 5.69 Å². The van der Waals surface area contributed by atoms with Crippen LogP contribution >= 0.6 is 0 Å². The molecular weight excluding hydrogens is 262 g/mol. The number of carboxylic acids is 1. The van der Waals surface area contributed by atoms with Crippen molar-refractivity contribution < 1.29 is 14.8 Å². The van der Waals surface area contributed by atoms with Gasteiger partial charge in [-0.2, -0.15) is 5.10 Å². The van der Waals surface area contributed by atoms with E-state index < -0.39 is 10.9 Å². The van der Waals surface area contributed by atoms with Gasteiger partial charge in [-0.25, -0.2) is 9.48 Å². The minimum Gasteiger partial charge on any atom is -0.478 e. The second kappa shape index (κ2) is 5.35. The SMILES string of the molecule is Cc1ccn(-c2ccc([N+](=O)[O-])cc2C=CC(=O)O)n1. The Kier molecular flexibility index (Phi) is 3.60. The monoisotopic (exact) mass is 273 g/mol. The van der Waals surface area contributed by atoms with Gasteiger partial charge in [0.1, 0.15) is 0 Å². The van der Waals surface area contributed by atoms with Crippen molar-refractivity contribution in [2.24, 2.45) is 0 Å². The maximum Gasteiger partial charge on any atom is 0.328 e. The Balaban J connectivity index is 2.55. The van der Waals surface area contributed by atoms with Crippen LogP contribution < -0.4 is 0 Å². The van der Waals surface area contributed by atoms with E-state index in [9.17, 15) is 14.9 Å². The molecule has 0 saturated heterocycles. The van der Waals surface area contributed by atoms with E-state index in [4.69, 9.17) is 5.11 Å². The minimum absolute atomic E-state index is 0.109. The largest absolute Gasteiger partial charge is 0.478 e. The number of aliphatic carboxylic acids is 1. The number of hydrogen-bond acceptors (Lipinski definition) is 4. The number of rotatable bonds is 4. The van der Waals surface area contributed by atoms with Gasteiger partial charge in [0.05, 0.1) is 16.3 Å². The summed E-state index contributed by atoms with van der Waals surface area (Å²) in [5.41, 5.74) is 1.66. The van der Waals surface area contributed by atoms with Gasteiger partial charge in [-0.3, -0.25) is 10.1 Å². The van der Waals surface area contributed by atoms with E-state index >= 15 is 0 Å². The van der Waals surface area contributed by atoms with E-state index in [2.05, 4.69) is 5.10 Å². The van der Waals surface area contributed by atoms with Crippen molar-refractivity contribution in [2.75, 3.05) is 0 Å². The molecule has 2 rings (SSSR count). The summed E-state index contributed by atoms with van der Waals surface area (Å²) in [6.45, 7) is 1.81. The second-order valence-corrected chi connectivity index (χ2v) is 4.07. The van der Waals surface area contributed by atoms with Crippen LogP contribution in [0.3, 0.4) is 0 Å². The number of nitro groups is 1. The third-order valence-corrected chi connectivity index (χ3v) is 2.60. The third kappa shape index (κ3) is 2.89. The van der Waals surface area contributed by atoms with Crippen LogP contribution in [0.2, 0.25) is 0 Å². The van der Waals surface area contributed by atoms with E-state index in [1.165, 1.54) is 24.3 Å². The number of benzene rings is 1. The Labute approximate surface area is 113 Å². The molecule has 0 saturated carbocycles. The first-order valence-electron chi connectivity index (χ1n) is 5.69. The summed E-state index contributed by atoms with van der Waals surface area (Å²) in [6, 6.07) is 5.98. The molecular formula is C13H11N3O4. The van der Waals surface area contributed by atoms with Gasteiger partial charge in [0, 0.05) is 30.0 Å². The number of hydrogen-bond donors (Lipinski definition) is 1. The number of nitrogens with zero attached hydrogens (tertiary/aromatic N) is 3. The molecule has 2 aromatic rings. The molecule has 102 valence electrons. The molecule has 1 heterocycles. The first-order chi connectivity index (χ1) is 9.47. The molecule has 1 aromatic carbocycles. The zero-order valence-corrected chi connectivity index (χ0v) is 10.6. The zero-order valence-electron chi connectivity index (χ0n) is 10.6. The van der Waals surface area contributed by atoms with Crippen molar-refractivity contribution in [3.05, 3.63) is 57.9 Å². The molecule has 1 aromatic heterocycles. The Bertz CT molecular complexity index is 703. The van der Waals surface area contributed by atoms with Crippen LogP contribution in [-0.4, -0.2) is 25.8 Å². The predicted octanol–water partition coefficient (Wildman–Crippen LogP) is 2.19. The van der Waals surface area contributed by atoms with Crippen molar-refractivity contribution >= 4 is 17.7 Å². The van der Waals surface area contributed by atoms with Crippen molar-refractivity contribution in [1.82, 2.24) is 9.78 Å². The fourth-order valence-electron chi connectivity index (χ4n) is 1.71. The lowest BCUT2D eigenvalue weighted by molar-refractivity contribution is -0.384. The summed E-state index contributed by atoms with van der Waals surface area (Å²) in [7, 11) is 0. The lowest BCUT2D eigenvalue weighted by Crippen LogP contribution is -2.00. The Morgan fingerprint density at radius 2 is 2.20 bits per heavy atom. The van der Waals surface area contributed by atoms with Gasteiger partial charge in [-0.05, 0) is 25.1 Å². The fourth-order valence-corrected chi connectivity index (χ4v) is 1.71. The van der Waals surface area contributed by atoms with Gasteiger partial charge in [0.2, 0.25) is 0 Å². The zero-order chi connectivity index (χ0) is 14.7. The van der Waals surface area contributed by atoms with E-state index in [0.717, 1.165) is 11.8 Å². The standard InChI is InChI=1S/C13H11N3O4/c1-9-6-7-15(14-9)12-4-3-11(16(19)20)8-10(12)2-5-13(17)18/h2-8H,1H3,(H,17,18). The minimum atomic E-state index is -1.13. The van der Waals surface area contributed by atoms with Crippen LogP contribution in [0.1, 0.15) is 11.3 Å². The van der Waals surface area contributed by atoms with E-state index in [1.807, 2.05) is 6.92 Å². The van der Waals surface area contributed by atoms with Crippen LogP contribution in [0.4, 0.5) is 5.69 Å². The molecule has 20 heavy (non-hydrogen) atoms. The Morgan fingerprint density at radius 1 is 1.45 bits per heavy atom. The molecule has 0 bridgehead atoms.